The van der Waals surface area contributed by atoms with Crippen molar-refractivity contribution in [1.29, 1.82) is 0 Å². The number of nitrogens with two attached hydrogens (primary N) is 1. The fraction of sp³-hybridized carbons (Fsp3) is 0.424. The third-order valence-corrected chi connectivity index (χ3v) is 9.47. The number of sulfonamides is 1. The summed E-state index contributed by atoms with van der Waals surface area (Å²) in [5, 5.41) is 12.0. The van der Waals surface area contributed by atoms with E-state index in [1.54, 1.807) is 45.0 Å². The van der Waals surface area contributed by atoms with Crippen molar-refractivity contribution in [3.63, 3.8) is 0 Å². The van der Waals surface area contributed by atoms with Crippen LogP contribution in [0.4, 0.5) is 4.79 Å². The number of carbonyl (C=O) groups is 1. The zero-order valence-corrected chi connectivity index (χ0v) is 26.5. The van der Waals surface area contributed by atoms with Gasteiger partial charge in [-0.1, -0.05) is 77.1 Å². The molecule has 1 aliphatic rings. The molecule has 0 saturated carbocycles. The number of amides is 1. The van der Waals surface area contributed by atoms with Gasteiger partial charge < -0.3 is 29.8 Å². The van der Waals surface area contributed by atoms with Gasteiger partial charge in [-0.2, -0.15) is 4.31 Å². The first-order chi connectivity index (χ1) is 21.6. The number of rotatable bonds is 13. The van der Waals surface area contributed by atoms with Crippen LogP contribution in [0.5, 0.6) is 17.2 Å². The Morgan fingerprint density at radius 3 is 2.32 bits per heavy atom. The van der Waals surface area contributed by atoms with Crippen LogP contribution in [0, 0.1) is 11.3 Å². The highest BCUT2D eigenvalue weighted by Crippen LogP contribution is 2.41. The van der Waals surface area contributed by atoms with E-state index >= 15 is 0 Å². The Balaban J connectivity index is 1.67. The van der Waals surface area contributed by atoms with Gasteiger partial charge in [-0.05, 0) is 41.3 Å². The Hall–Kier alpha value is -3.80. The molecule has 0 aliphatic carbocycles. The summed E-state index contributed by atoms with van der Waals surface area (Å²) < 4.78 is 66.7. The van der Waals surface area contributed by atoms with Crippen LogP contribution in [-0.4, -0.2) is 55.5 Å². The van der Waals surface area contributed by atoms with Crippen LogP contribution >= 0.6 is 0 Å². The van der Waals surface area contributed by atoms with Crippen molar-refractivity contribution in [2.75, 3.05) is 19.9 Å². The second-order valence-corrected chi connectivity index (χ2v) is 14.3. The molecule has 0 aromatic heterocycles. The molecule has 2 atom stereocenters. The molecule has 3 aromatic rings. The molecule has 0 fully saturated rings. The highest BCUT2D eigenvalue weighted by Gasteiger charge is 2.52. The molecule has 0 radical (unpaired) electrons. The Morgan fingerprint density at radius 1 is 1.00 bits per heavy atom. The molecule has 3 aromatic carbocycles. The monoisotopic (exact) mass is 628 g/mol. The lowest BCUT2D eigenvalue weighted by atomic mass is 9.69. The van der Waals surface area contributed by atoms with Crippen LogP contribution in [0.2, 0.25) is 2.82 Å². The maximum Gasteiger partial charge on any atom is 0.405 e. The predicted octanol–water partition coefficient (Wildman–Crippen LogP) is 5.12. The van der Waals surface area contributed by atoms with E-state index in [2.05, 4.69) is 0 Å². The van der Waals surface area contributed by atoms with Crippen molar-refractivity contribution in [3.05, 3.63) is 83.9 Å². The van der Waals surface area contributed by atoms with E-state index in [0.29, 0.717) is 29.4 Å². The van der Waals surface area contributed by atoms with Crippen molar-refractivity contribution in [2.45, 2.75) is 64.2 Å². The maximum atomic E-state index is 14.0. The SMILES string of the molecule is [2H]N([2H])C(=O)O[C@](Cc1ccc(OCc2ccccc2)cc1)([C@@H](O)CN(CC(C)C)S(=O)(=O)c1ccc2c(c1)OCO2)C(C)(C)C. The number of benzene rings is 3. The van der Waals surface area contributed by atoms with E-state index in [1.165, 1.54) is 18.2 Å². The molecule has 0 unspecified atom stereocenters. The third kappa shape index (κ3) is 7.64. The van der Waals surface area contributed by atoms with Crippen molar-refractivity contribution < 1.29 is 40.1 Å². The Kier molecular flexibility index (Phi) is 9.25. The first-order valence-corrected chi connectivity index (χ1v) is 15.9. The van der Waals surface area contributed by atoms with Crippen molar-refractivity contribution in [1.82, 2.24) is 4.31 Å². The van der Waals surface area contributed by atoms with Gasteiger partial charge in [0.2, 0.25) is 16.8 Å². The van der Waals surface area contributed by atoms with Crippen LogP contribution in [-0.2, 0) is 27.8 Å². The van der Waals surface area contributed by atoms with Gasteiger partial charge in [-0.15, -0.1) is 0 Å². The summed E-state index contributed by atoms with van der Waals surface area (Å²) in [4.78, 5) is 12.8. The summed E-state index contributed by atoms with van der Waals surface area (Å²) in [5.41, 5.74) is -1.30. The normalized spacial score (nSPS) is 15.7. The van der Waals surface area contributed by atoms with Crippen LogP contribution in [0.3, 0.4) is 0 Å². The van der Waals surface area contributed by atoms with Crippen LogP contribution in [0.15, 0.2) is 77.7 Å². The number of hydrogen-bond acceptors (Lipinski definition) is 8. The zero-order chi connectivity index (χ0) is 33.7. The predicted molar refractivity (Wildman–Crippen MR) is 166 cm³/mol. The summed E-state index contributed by atoms with van der Waals surface area (Å²) in [6.45, 7) is 8.92. The molecule has 0 bridgehead atoms. The van der Waals surface area contributed by atoms with Gasteiger partial charge in [0.25, 0.3) is 0 Å². The number of ether oxygens (including phenoxy) is 4. The average Bonchev–Trinajstić information content (AvgIpc) is 3.48. The van der Waals surface area contributed by atoms with Gasteiger partial charge in [0.05, 0.1) is 4.90 Å². The highest BCUT2D eigenvalue weighted by molar-refractivity contribution is 7.89. The fourth-order valence-electron chi connectivity index (χ4n) is 5.25. The number of hydrogen-bond donors (Lipinski definition) is 2. The lowest BCUT2D eigenvalue weighted by molar-refractivity contribution is -0.144. The number of nitrogens with zero attached hydrogens (tertiary/aromatic N) is 1. The summed E-state index contributed by atoms with van der Waals surface area (Å²) in [5.74, 6) is 1.21. The van der Waals surface area contributed by atoms with Gasteiger partial charge in [0.1, 0.15) is 24.1 Å². The van der Waals surface area contributed by atoms with Crippen LogP contribution < -0.4 is 19.9 Å². The largest absolute Gasteiger partial charge is 0.489 e. The first kappa shape index (κ1) is 30.2. The zero-order valence-electron chi connectivity index (χ0n) is 27.7. The maximum absolute atomic E-state index is 14.0. The minimum atomic E-state index is -4.17. The van der Waals surface area contributed by atoms with E-state index in [0.717, 1.165) is 9.87 Å². The second-order valence-electron chi connectivity index (χ2n) is 12.3. The molecule has 1 amide bonds. The van der Waals surface area contributed by atoms with Crippen molar-refractivity contribution >= 4 is 16.1 Å². The average molecular weight is 629 g/mol. The highest BCUT2D eigenvalue weighted by atomic mass is 32.2. The number of aliphatic hydroxyl groups excluding tert-OH is 1. The molecule has 238 valence electrons. The first-order valence-electron chi connectivity index (χ1n) is 15.4. The molecule has 44 heavy (non-hydrogen) atoms. The molecular weight excluding hydrogens is 584 g/mol. The molecule has 3 N–H and O–H groups in total. The minimum absolute atomic E-state index is 0.0180. The van der Waals surface area contributed by atoms with E-state index in [4.69, 9.17) is 21.8 Å². The van der Waals surface area contributed by atoms with E-state index < -0.39 is 39.8 Å². The van der Waals surface area contributed by atoms with Crippen LogP contribution in [0.25, 0.3) is 0 Å². The fourth-order valence-corrected chi connectivity index (χ4v) is 6.87. The minimum Gasteiger partial charge on any atom is -0.489 e. The van der Waals surface area contributed by atoms with E-state index in [1.807, 2.05) is 44.2 Å². The second kappa shape index (κ2) is 13.5. The van der Waals surface area contributed by atoms with Crippen LogP contribution in [0.1, 0.15) is 45.7 Å². The van der Waals surface area contributed by atoms with Gasteiger partial charge in [0, 0.05) is 31.0 Å². The molecule has 1 aliphatic heterocycles. The Labute approximate surface area is 262 Å². The van der Waals surface area contributed by atoms with Crippen molar-refractivity contribution in [3.8, 4) is 17.2 Å². The quantitative estimate of drug-likeness (QED) is 0.266. The standard InChI is InChI=1S/C33H42N2O8S/c1-23(2)19-35(44(38,39)27-15-16-28-29(17-27)42-22-41-28)20-30(36)33(32(3,4)5,43-31(34)37)18-24-11-13-26(14-12-24)40-21-25-9-7-6-8-10-25/h6-17,23,30,36H,18-22H2,1-5H3,(H2,34,37)/t30-,33+/m0/s1/i/hD2. The number of primary amides is 1. The molecular formula is C33H42N2O8S. The topological polar surface area (TPSA) is 138 Å². The molecule has 0 saturated heterocycles. The lowest BCUT2D eigenvalue weighted by Crippen LogP contribution is -2.61. The van der Waals surface area contributed by atoms with E-state index in [-0.39, 0.29) is 36.3 Å². The molecule has 1 heterocycles. The van der Waals surface area contributed by atoms with E-state index in [9.17, 15) is 18.3 Å². The number of aliphatic hydroxyl groups is 1. The molecule has 4 rings (SSSR count). The Morgan fingerprint density at radius 2 is 1.68 bits per heavy atom. The smallest absolute Gasteiger partial charge is 0.405 e. The molecule has 10 nitrogen and oxygen atoms in total. The van der Waals surface area contributed by atoms with Gasteiger partial charge in [-0.3, -0.25) is 0 Å². The number of carbonyl (C=O) groups excluding carboxylic acids is 1. The summed E-state index contributed by atoms with van der Waals surface area (Å²) in [6.07, 6.45) is -2.94. The number of fused-ring (bicyclic) bond motifs is 1. The summed E-state index contributed by atoms with van der Waals surface area (Å²) in [6, 6.07) is 21.1. The van der Waals surface area contributed by atoms with Gasteiger partial charge in [0.15, 0.2) is 14.3 Å². The third-order valence-electron chi connectivity index (χ3n) is 7.64. The summed E-state index contributed by atoms with van der Waals surface area (Å²) >= 11 is 0. The molecule has 0 spiro atoms. The molecule has 11 heteroatoms. The Bertz CT molecular complexity index is 1580. The lowest BCUT2D eigenvalue weighted by Gasteiger charge is -2.47. The van der Waals surface area contributed by atoms with Gasteiger partial charge >= 0.3 is 6.09 Å². The summed E-state index contributed by atoms with van der Waals surface area (Å²) in [7, 11) is -4.17. The van der Waals surface area contributed by atoms with Crippen molar-refractivity contribution in [2.24, 2.45) is 17.1 Å². The van der Waals surface area contributed by atoms with Gasteiger partial charge in [-0.25, -0.2) is 13.2 Å².